The fraction of sp³-hybridized carbons (Fsp3) is 0.333. The highest BCUT2D eigenvalue weighted by Gasteiger charge is 2.22. The van der Waals surface area contributed by atoms with Crippen LogP contribution in [0, 0.1) is 11.6 Å². The maximum Gasteiger partial charge on any atom is 0.425 e. The van der Waals surface area contributed by atoms with Gasteiger partial charge in [0.2, 0.25) is 0 Å². The molecule has 1 heterocycles. The third-order valence-electron chi connectivity index (χ3n) is 2.85. The van der Waals surface area contributed by atoms with Crippen LogP contribution in [0.3, 0.4) is 0 Å². The van der Waals surface area contributed by atoms with E-state index in [0.717, 1.165) is 12.1 Å². The molecular formula is C12H12ClF2N3O2. The molecule has 2 N–H and O–H groups in total. The van der Waals surface area contributed by atoms with Crippen LogP contribution in [0.15, 0.2) is 17.1 Å². The van der Waals surface area contributed by atoms with Crippen molar-refractivity contribution in [3.63, 3.8) is 0 Å². The van der Waals surface area contributed by atoms with E-state index in [1.54, 1.807) is 0 Å². The van der Waals surface area contributed by atoms with Crippen LogP contribution in [0.1, 0.15) is 24.4 Å². The number of hydrazine groups is 1. The molecule has 1 unspecified atom stereocenters. The highest BCUT2D eigenvalue weighted by molar-refractivity contribution is 6.30. The second-order valence-corrected chi connectivity index (χ2v) is 4.55. The molecule has 0 aliphatic carbocycles. The molecule has 1 aliphatic rings. The first-order chi connectivity index (χ1) is 9.51. The van der Waals surface area contributed by atoms with E-state index in [2.05, 4.69) is 20.6 Å². The van der Waals surface area contributed by atoms with Crippen LogP contribution in [0.4, 0.5) is 13.6 Å². The van der Waals surface area contributed by atoms with Crippen LogP contribution in [-0.2, 0) is 4.74 Å². The van der Waals surface area contributed by atoms with Crippen molar-refractivity contribution in [2.45, 2.75) is 18.9 Å². The summed E-state index contributed by atoms with van der Waals surface area (Å²) in [7, 11) is 1.23. The molecule has 1 atom stereocenters. The second kappa shape index (κ2) is 6.04. The molecule has 0 spiro atoms. The zero-order chi connectivity index (χ0) is 14.7. The highest BCUT2D eigenvalue weighted by atomic mass is 35.5. The maximum atomic E-state index is 13.4. The normalized spacial score (nSPS) is 17.6. The lowest BCUT2D eigenvalue weighted by atomic mass is 10.0. The topological polar surface area (TPSA) is 62.7 Å². The number of hydrogen-bond donors (Lipinski definition) is 2. The first kappa shape index (κ1) is 14.5. The number of amides is 1. The van der Waals surface area contributed by atoms with Gasteiger partial charge in [-0.25, -0.2) is 19.0 Å². The smallest absolute Gasteiger partial charge is 0.425 e. The number of hydrogen-bond acceptors (Lipinski definition) is 4. The van der Waals surface area contributed by atoms with E-state index < -0.39 is 22.8 Å². The van der Waals surface area contributed by atoms with Crippen LogP contribution >= 0.6 is 11.6 Å². The van der Waals surface area contributed by atoms with Crippen molar-refractivity contribution in [1.82, 2.24) is 10.9 Å². The van der Waals surface area contributed by atoms with Crippen molar-refractivity contribution in [2.24, 2.45) is 4.99 Å². The molecular weight excluding hydrogens is 292 g/mol. The van der Waals surface area contributed by atoms with Gasteiger partial charge in [0.05, 0.1) is 13.2 Å². The molecule has 0 radical (unpaired) electrons. The third-order valence-corrected chi connectivity index (χ3v) is 3.21. The first-order valence-electron chi connectivity index (χ1n) is 5.82. The van der Waals surface area contributed by atoms with Gasteiger partial charge < -0.3 is 4.74 Å². The summed E-state index contributed by atoms with van der Waals surface area (Å²) in [5.41, 5.74) is 5.25. The lowest BCUT2D eigenvalue weighted by Crippen LogP contribution is -2.40. The van der Waals surface area contributed by atoms with Crippen LogP contribution in [0.2, 0.25) is 5.02 Å². The quantitative estimate of drug-likeness (QED) is 0.619. The molecule has 0 bridgehead atoms. The van der Waals surface area contributed by atoms with Crippen LogP contribution in [0.25, 0.3) is 0 Å². The molecule has 0 fully saturated rings. The Morgan fingerprint density at radius 2 is 2.10 bits per heavy atom. The standard InChI is InChI=1S/C12H12ClF2N3O2/c1-20-12(19)18-17-10-3-2-9(16-10)6-4-7(14)11(13)8(15)5-6/h4-5,9H,2-3H2,1H3,(H,16,17)(H,18,19). The van der Waals surface area contributed by atoms with E-state index >= 15 is 0 Å². The number of amidine groups is 1. The molecule has 108 valence electrons. The van der Waals surface area contributed by atoms with Gasteiger partial charge in [0.15, 0.2) is 0 Å². The van der Waals surface area contributed by atoms with Crippen molar-refractivity contribution < 1.29 is 18.3 Å². The Balaban J connectivity index is 2.08. The van der Waals surface area contributed by atoms with E-state index in [-0.39, 0.29) is 6.04 Å². The minimum absolute atomic E-state index is 0.377. The average Bonchev–Trinajstić information content (AvgIpc) is 2.90. The lowest BCUT2D eigenvalue weighted by molar-refractivity contribution is 0.168. The minimum atomic E-state index is -0.814. The number of halogens is 3. The summed E-state index contributed by atoms with van der Waals surface area (Å²) in [6.07, 6.45) is 0.464. The fourth-order valence-electron chi connectivity index (χ4n) is 1.87. The van der Waals surface area contributed by atoms with Gasteiger partial charge in [0, 0.05) is 6.42 Å². The Bertz CT molecular complexity index is 543. The SMILES string of the molecule is COC(=O)NNC1=NC(c2cc(F)c(Cl)c(F)c2)CC1. The zero-order valence-corrected chi connectivity index (χ0v) is 11.3. The number of ether oxygens (including phenoxy) is 1. The average molecular weight is 304 g/mol. The molecule has 1 aliphatic heterocycles. The molecule has 0 aromatic heterocycles. The molecule has 0 saturated heterocycles. The van der Waals surface area contributed by atoms with Crippen molar-refractivity contribution in [1.29, 1.82) is 0 Å². The van der Waals surface area contributed by atoms with Crippen LogP contribution < -0.4 is 10.9 Å². The van der Waals surface area contributed by atoms with Crippen molar-refractivity contribution in [2.75, 3.05) is 7.11 Å². The van der Waals surface area contributed by atoms with Gasteiger partial charge in [-0.05, 0) is 24.1 Å². The number of methoxy groups -OCH3 is 1. The Labute approximate surface area is 118 Å². The summed E-state index contributed by atoms with van der Waals surface area (Å²) in [6.45, 7) is 0. The van der Waals surface area contributed by atoms with Gasteiger partial charge in [0.1, 0.15) is 22.5 Å². The summed E-state index contributed by atoms with van der Waals surface area (Å²) in [6, 6.07) is 1.95. The van der Waals surface area contributed by atoms with E-state index in [4.69, 9.17) is 11.6 Å². The molecule has 1 amide bonds. The van der Waals surface area contributed by atoms with E-state index in [1.165, 1.54) is 7.11 Å². The monoisotopic (exact) mass is 303 g/mol. The zero-order valence-electron chi connectivity index (χ0n) is 10.5. The molecule has 2 rings (SSSR count). The Hall–Kier alpha value is -1.89. The summed E-state index contributed by atoms with van der Waals surface area (Å²) in [4.78, 5) is 15.1. The Morgan fingerprint density at radius 3 is 2.70 bits per heavy atom. The van der Waals surface area contributed by atoms with Crippen molar-refractivity contribution in [3.05, 3.63) is 34.4 Å². The van der Waals surface area contributed by atoms with Crippen LogP contribution in [-0.4, -0.2) is 19.0 Å². The van der Waals surface area contributed by atoms with Crippen molar-refractivity contribution in [3.8, 4) is 0 Å². The van der Waals surface area contributed by atoms with E-state index in [0.29, 0.717) is 24.2 Å². The number of benzene rings is 1. The van der Waals surface area contributed by atoms with Gasteiger partial charge in [-0.1, -0.05) is 11.6 Å². The highest BCUT2D eigenvalue weighted by Crippen LogP contribution is 2.31. The van der Waals surface area contributed by atoms with Gasteiger partial charge in [-0.2, -0.15) is 0 Å². The summed E-state index contributed by atoms with van der Waals surface area (Å²) in [5.74, 6) is -1.12. The van der Waals surface area contributed by atoms with E-state index in [1.807, 2.05) is 0 Å². The summed E-state index contributed by atoms with van der Waals surface area (Å²) in [5, 5.41) is -0.526. The number of carbonyl (C=O) groups is 1. The summed E-state index contributed by atoms with van der Waals surface area (Å²) >= 11 is 5.43. The van der Waals surface area contributed by atoms with Gasteiger partial charge in [0.25, 0.3) is 0 Å². The molecule has 0 saturated carbocycles. The number of rotatable bonds is 1. The largest absolute Gasteiger partial charge is 0.452 e. The fourth-order valence-corrected chi connectivity index (χ4v) is 1.98. The first-order valence-corrected chi connectivity index (χ1v) is 6.20. The molecule has 8 heteroatoms. The number of nitrogens with zero attached hydrogens (tertiary/aromatic N) is 1. The Kier molecular flexibility index (Phi) is 4.39. The van der Waals surface area contributed by atoms with Crippen molar-refractivity contribution >= 4 is 23.5 Å². The predicted octanol–water partition coefficient (Wildman–Crippen LogP) is 2.71. The summed E-state index contributed by atoms with van der Waals surface area (Å²) < 4.78 is 31.1. The van der Waals surface area contributed by atoms with E-state index in [9.17, 15) is 13.6 Å². The van der Waals surface area contributed by atoms with Crippen LogP contribution in [0.5, 0.6) is 0 Å². The number of aliphatic imine (C=N–C) groups is 1. The number of carbonyl (C=O) groups excluding carboxylic acids is 1. The molecule has 20 heavy (non-hydrogen) atoms. The molecule has 1 aromatic carbocycles. The number of nitrogens with one attached hydrogen (secondary N) is 2. The lowest BCUT2D eigenvalue weighted by Gasteiger charge is -2.08. The Morgan fingerprint density at radius 1 is 1.45 bits per heavy atom. The van der Waals surface area contributed by atoms with Gasteiger partial charge in [-0.15, -0.1) is 0 Å². The maximum absolute atomic E-state index is 13.4. The van der Waals surface area contributed by atoms with Gasteiger partial charge in [-0.3, -0.25) is 10.4 Å². The molecule has 5 nitrogen and oxygen atoms in total. The third kappa shape index (κ3) is 3.16. The second-order valence-electron chi connectivity index (χ2n) is 4.17. The predicted molar refractivity (Wildman–Crippen MR) is 69.5 cm³/mol. The molecule has 1 aromatic rings. The van der Waals surface area contributed by atoms with Gasteiger partial charge >= 0.3 is 6.09 Å². The minimum Gasteiger partial charge on any atom is -0.452 e.